The smallest absolute Gasteiger partial charge is 0.264 e. The molecule has 3 aliphatic heterocycles. The zero-order chi connectivity index (χ0) is 17.9. The van der Waals surface area contributed by atoms with Gasteiger partial charge in [0.1, 0.15) is 10.7 Å². The van der Waals surface area contributed by atoms with Crippen LogP contribution in [0.4, 0.5) is 0 Å². The highest BCUT2D eigenvalue weighted by molar-refractivity contribution is 7.20. The molecule has 2 saturated heterocycles. The van der Waals surface area contributed by atoms with Crippen LogP contribution in [0, 0.1) is 6.92 Å². The number of aromatic nitrogens is 2. The summed E-state index contributed by atoms with van der Waals surface area (Å²) in [6.07, 6.45) is 3.18. The summed E-state index contributed by atoms with van der Waals surface area (Å²) in [4.78, 5) is 33.7. The molecule has 0 bridgehead atoms. The molecule has 7 nitrogen and oxygen atoms in total. The molecule has 0 atom stereocenters. The number of carbonyl (C=O) groups is 1. The minimum atomic E-state index is -0.493. The molecular formula is C18H21N3O4S. The maximum atomic E-state index is 13.1. The van der Waals surface area contributed by atoms with Gasteiger partial charge in [0.15, 0.2) is 5.79 Å². The normalized spacial score (nSPS) is 21.7. The van der Waals surface area contributed by atoms with Crippen molar-refractivity contribution in [2.45, 2.75) is 44.9 Å². The van der Waals surface area contributed by atoms with Gasteiger partial charge in [-0.25, -0.2) is 4.98 Å². The molecule has 0 aromatic carbocycles. The van der Waals surface area contributed by atoms with Crippen LogP contribution in [0.1, 0.15) is 40.3 Å². The summed E-state index contributed by atoms with van der Waals surface area (Å²) in [6, 6.07) is 0. The molecule has 0 saturated carbocycles. The molecule has 1 amide bonds. The second kappa shape index (κ2) is 5.87. The fourth-order valence-electron chi connectivity index (χ4n) is 4.26. The predicted octanol–water partition coefficient (Wildman–Crippen LogP) is 1.69. The van der Waals surface area contributed by atoms with Gasteiger partial charge < -0.3 is 14.4 Å². The van der Waals surface area contributed by atoms with E-state index in [0.29, 0.717) is 54.2 Å². The highest BCUT2D eigenvalue weighted by atomic mass is 32.1. The SMILES string of the molecule is Cc1c(C(=O)N2CCC3(CC2)OCCO3)sc2nc3n(c(=O)c12)CCC3. The van der Waals surface area contributed by atoms with Gasteiger partial charge in [-0.15, -0.1) is 11.3 Å². The summed E-state index contributed by atoms with van der Waals surface area (Å²) in [6.45, 7) is 5.06. The Hall–Kier alpha value is -1.77. The molecule has 8 heteroatoms. The average Bonchev–Trinajstić information content (AvgIpc) is 3.35. The first-order chi connectivity index (χ1) is 12.6. The molecule has 0 radical (unpaired) electrons. The number of thiophene rings is 1. The number of nitrogens with zero attached hydrogens (tertiary/aromatic N) is 3. The van der Waals surface area contributed by atoms with Crippen molar-refractivity contribution >= 4 is 27.5 Å². The zero-order valence-electron chi connectivity index (χ0n) is 14.7. The van der Waals surface area contributed by atoms with Gasteiger partial charge in [0, 0.05) is 38.9 Å². The minimum Gasteiger partial charge on any atom is -0.347 e. The number of ether oxygens (including phenoxy) is 2. The van der Waals surface area contributed by atoms with Crippen LogP contribution in [-0.2, 0) is 22.4 Å². The fourth-order valence-corrected chi connectivity index (χ4v) is 5.42. The van der Waals surface area contributed by atoms with E-state index in [0.717, 1.165) is 30.8 Å². The van der Waals surface area contributed by atoms with E-state index in [-0.39, 0.29) is 11.5 Å². The van der Waals surface area contributed by atoms with E-state index in [1.54, 1.807) is 4.57 Å². The molecule has 5 rings (SSSR count). The van der Waals surface area contributed by atoms with Gasteiger partial charge in [-0.05, 0) is 18.9 Å². The number of hydrogen-bond acceptors (Lipinski definition) is 6. The summed E-state index contributed by atoms with van der Waals surface area (Å²) < 4.78 is 13.2. The van der Waals surface area contributed by atoms with Gasteiger partial charge in [0.25, 0.3) is 11.5 Å². The number of carbonyl (C=O) groups excluding carboxylic acids is 1. The molecule has 0 N–H and O–H groups in total. The second-order valence-corrected chi connectivity index (χ2v) is 8.22. The number of hydrogen-bond donors (Lipinski definition) is 0. The van der Waals surface area contributed by atoms with E-state index in [1.807, 2.05) is 11.8 Å². The van der Waals surface area contributed by atoms with E-state index in [4.69, 9.17) is 9.47 Å². The molecule has 26 heavy (non-hydrogen) atoms. The molecule has 0 aliphatic carbocycles. The van der Waals surface area contributed by atoms with E-state index in [1.165, 1.54) is 11.3 Å². The molecule has 1 spiro atoms. The molecule has 3 aliphatic rings. The van der Waals surface area contributed by atoms with Crippen molar-refractivity contribution in [2.75, 3.05) is 26.3 Å². The lowest BCUT2D eigenvalue weighted by Gasteiger charge is -2.37. The van der Waals surface area contributed by atoms with Crippen LogP contribution in [-0.4, -0.2) is 52.4 Å². The fraction of sp³-hybridized carbons (Fsp3) is 0.611. The third-order valence-electron chi connectivity index (χ3n) is 5.73. The Morgan fingerprint density at radius 3 is 2.65 bits per heavy atom. The van der Waals surface area contributed by atoms with Crippen molar-refractivity contribution in [1.82, 2.24) is 14.5 Å². The first kappa shape index (κ1) is 16.4. The van der Waals surface area contributed by atoms with Gasteiger partial charge in [0.2, 0.25) is 0 Å². The van der Waals surface area contributed by atoms with Crippen molar-refractivity contribution in [1.29, 1.82) is 0 Å². The minimum absolute atomic E-state index is 0.000604. The van der Waals surface area contributed by atoms with Crippen molar-refractivity contribution < 1.29 is 14.3 Å². The second-order valence-electron chi connectivity index (χ2n) is 7.22. The summed E-state index contributed by atoms with van der Waals surface area (Å²) in [5.41, 5.74) is 0.768. The lowest BCUT2D eigenvalue weighted by atomic mass is 10.0. The summed E-state index contributed by atoms with van der Waals surface area (Å²) in [7, 11) is 0. The first-order valence-electron chi connectivity index (χ1n) is 9.18. The Bertz CT molecular complexity index is 947. The maximum Gasteiger partial charge on any atom is 0.264 e. The predicted molar refractivity (Wildman–Crippen MR) is 96.7 cm³/mol. The molecule has 2 aromatic heterocycles. The number of fused-ring (bicyclic) bond motifs is 2. The molecule has 0 unspecified atom stereocenters. The lowest BCUT2D eigenvalue weighted by molar-refractivity contribution is -0.181. The van der Waals surface area contributed by atoms with Crippen molar-refractivity contribution in [2.24, 2.45) is 0 Å². The Morgan fingerprint density at radius 2 is 1.92 bits per heavy atom. The molecule has 2 aromatic rings. The van der Waals surface area contributed by atoms with Gasteiger partial charge >= 0.3 is 0 Å². The van der Waals surface area contributed by atoms with Crippen molar-refractivity contribution in [3.8, 4) is 0 Å². The van der Waals surface area contributed by atoms with E-state index >= 15 is 0 Å². The van der Waals surface area contributed by atoms with Crippen LogP contribution < -0.4 is 5.56 Å². The number of amides is 1. The first-order valence-corrected chi connectivity index (χ1v) is 10.00. The number of likely N-dealkylation sites (tertiary alicyclic amines) is 1. The van der Waals surface area contributed by atoms with Gasteiger partial charge in [0.05, 0.1) is 23.5 Å². The Morgan fingerprint density at radius 1 is 1.19 bits per heavy atom. The maximum absolute atomic E-state index is 13.1. The quantitative estimate of drug-likeness (QED) is 0.758. The largest absolute Gasteiger partial charge is 0.347 e. The number of piperidine rings is 1. The monoisotopic (exact) mass is 375 g/mol. The van der Waals surface area contributed by atoms with Crippen LogP contribution in [0.15, 0.2) is 4.79 Å². The summed E-state index contributed by atoms with van der Waals surface area (Å²) in [5, 5.41) is 0.611. The number of rotatable bonds is 1. The molecule has 138 valence electrons. The average molecular weight is 375 g/mol. The van der Waals surface area contributed by atoms with Crippen LogP contribution in [0.2, 0.25) is 0 Å². The van der Waals surface area contributed by atoms with Crippen LogP contribution >= 0.6 is 11.3 Å². The van der Waals surface area contributed by atoms with E-state index in [2.05, 4.69) is 4.98 Å². The van der Waals surface area contributed by atoms with Crippen LogP contribution in [0.3, 0.4) is 0 Å². The van der Waals surface area contributed by atoms with Crippen LogP contribution in [0.25, 0.3) is 10.2 Å². The van der Waals surface area contributed by atoms with Gasteiger partial charge in [-0.2, -0.15) is 0 Å². The van der Waals surface area contributed by atoms with Gasteiger partial charge in [-0.1, -0.05) is 0 Å². The van der Waals surface area contributed by atoms with Crippen molar-refractivity contribution in [3.05, 3.63) is 26.6 Å². The Kier molecular flexibility index (Phi) is 3.70. The lowest BCUT2D eigenvalue weighted by Crippen LogP contribution is -2.47. The van der Waals surface area contributed by atoms with Gasteiger partial charge in [-0.3, -0.25) is 14.2 Å². The molecular weight excluding hydrogens is 354 g/mol. The van der Waals surface area contributed by atoms with Crippen molar-refractivity contribution in [3.63, 3.8) is 0 Å². The highest BCUT2D eigenvalue weighted by Gasteiger charge is 2.41. The van der Waals surface area contributed by atoms with E-state index in [9.17, 15) is 9.59 Å². The summed E-state index contributed by atoms with van der Waals surface area (Å²) in [5.74, 6) is 0.341. The highest BCUT2D eigenvalue weighted by Crippen LogP contribution is 2.34. The third kappa shape index (κ3) is 2.35. The molecule has 5 heterocycles. The zero-order valence-corrected chi connectivity index (χ0v) is 15.6. The van der Waals surface area contributed by atoms with E-state index < -0.39 is 5.79 Å². The Labute approximate surface area is 154 Å². The summed E-state index contributed by atoms with van der Waals surface area (Å²) >= 11 is 1.35. The standard InChI is InChI=1S/C18H21N3O4S/c1-11-13-15(19-12-3-2-6-21(12)16(13)22)26-14(11)17(23)20-7-4-18(5-8-20)24-9-10-25-18/h2-10H2,1H3. The molecule has 2 fully saturated rings. The van der Waals surface area contributed by atoms with Crippen LogP contribution in [0.5, 0.6) is 0 Å². The number of aryl methyl sites for hydroxylation is 2. The third-order valence-corrected chi connectivity index (χ3v) is 6.91. The Balaban J connectivity index is 1.46. The topological polar surface area (TPSA) is 73.7 Å².